The topological polar surface area (TPSA) is 0 Å². The van der Waals surface area contributed by atoms with Gasteiger partial charge in [-0.05, 0) is 5.56 Å². The number of thioether (sulfide) groups is 1. The van der Waals surface area contributed by atoms with Crippen LogP contribution in [0.5, 0.6) is 0 Å². The summed E-state index contributed by atoms with van der Waals surface area (Å²) < 4.78 is 1.59. The van der Waals surface area contributed by atoms with E-state index >= 15 is 0 Å². The molecular weight excluding hydrogens is 196 g/mol. The van der Waals surface area contributed by atoms with E-state index in [-0.39, 0.29) is 0 Å². The molecule has 1 heterocycles. The van der Waals surface area contributed by atoms with Crippen LogP contribution in [-0.4, -0.2) is 15.7 Å². The molecule has 0 saturated heterocycles. The molecule has 1 aliphatic rings. The number of benzene rings is 1. The smallest absolute Gasteiger partial charge is 0.0693 e. The zero-order chi connectivity index (χ0) is 8.93. The molecule has 0 aromatic heterocycles. The summed E-state index contributed by atoms with van der Waals surface area (Å²) in [5.74, 6) is 2.63. The predicted molar refractivity (Wildman–Crippen MR) is 64.5 cm³/mol. The monoisotopic (exact) mass is 209 g/mol. The maximum atomic E-state index is 2.21. The molecule has 0 N–H and O–H groups in total. The summed E-state index contributed by atoms with van der Waals surface area (Å²) in [5.41, 5.74) is 1.44. The molecule has 1 aromatic rings. The lowest BCUT2D eigenvalue weighted by molar-refractivity contribution is 1.13. The Kier molecular flexibility index (Phi) is 3.39. The quantitative estimate of drug-likeness (QED) is 0.533. The Bertz CT molecular complexity index is 290. The van der Waals surface area contributed by atoms with Crippen molar-refractivity contribution >= 4 is 27.3 Å². The third-order valence-corrected chi connectivity index (χ3v) is 4.63. The predicted octanol–water partition coefficient (Wildman–Crippen LogP) is 2.58. The van der Waals surface area contributed by atoms with E-state index in [1.165, 1.54) is 23.5 Å². The highest BCUT2D eigenvalue weighted by Crippen LogP contribution is 2.14. The van der Waals surface area contributed by atoms with Crippen molar-refractivity contribution in [3.8, 4) is 0 Å². The van der Waals surface area contributed by atoms with Gasteiger partial charge in [0.2, 0.25) is 4.20 Å². The zero-order valence-corrected chi connectivity index (χ0v) is 9.16. The molecule has 0 atom stereocenters. The summed E-state index contributed by atoms with van der Waals surface area (Å²) in [6.07, 6.45) is 2.52. The Morgan fingerprint density at radius 1 is 1.23 bits per heavy atom. The van der Waals surface area contributed by atoms with E-state index in [0.717, 1.165) is 6.42 Å². The van der Waals surface area contributed by atoms with Gasteiger partial charge >= 0.3 is 0 Å². The average Bonchev–Trinajstić information content (AvgIpc) is 2.21. The molecule has 2 rings (SSSR count). The normalized spacial score (nSPS) is 16.8. The molecule has 0 unspecified atom stereocenters. The first-order chi connectivity index (χ1) is 6.45. The van der Waals surface area contributed by atoms with Gasteiger partial charge in [-0.15, -0.1) is 0 Å². The van der Waals surface area contributed by atoms with Gasteiger partial charge in [-0.1, -0.05) is 42.1 Å². The van der Waals surface area contributed by atoms with Crippen LogP contribution in [0.1, 0.15) is 12.0 Å². The van der Waals surface area contributed by atoms with Gasteiger partial charge in [0.15, 0.2) is 17.1 Å². The average molecular weight is 209 g/mol. The molecule has 68 valence electrons. The Balaban J connectivity index is 2.01. The fourth-order valence-electron chi connectivity index (χ4n) is 1.34. The zero-order valence-electron chi connectivity index (χ0n) is 7.53. The van der Waals surface area contributed by atoms with E-state index < -0.39 is 0 Å². The first kappa shape index (κ1) is 9.22. The largest absolute Gasteiger partial charge is 0.238 e. The highest BCUT2D eigenvalue weighted by atomic mass is 32.2. The Morgan fingerprint density at radius 3 is 2.77 bits per heavy atom. The van der Waals surface area contributed by atoms with Gasteiger partial charge < -0.3 is 0 Å². The van der Waals surface area contributed by atoms with Crippen LogP contribution in [0.4, 0.5) is 0 Å². The van der Waals surface area contributed by atoms with Crippen LogP contribution in [0.15, 0.2) is 30.3 Å². The highest BCUT2D eigenvalue weighted by Gasteiger charge is 2.16. The maximum Gasteiger partial charge on any atom is 0.238 e. The Morgan fingerprint density at radius 2 is 2.08 bits per heavy atom. The van der Waals surface area contributed by atoms with Gasteiger partial charge in [0, 0.05) is 12.2 Å². The SMILES string of the molecule is c1ccc(CC2=[S+]CCCS2)cc1. The Hall–Kier alpha value is -0.340. The standard InChI is InChI=1S/C11H13S2/c1-2-5-10(6-3-1)9-11-12-7-4-8-13-11/h1-3,5-6H,4,7-9H2/q+1. The molecule has 0 bridgehead atoms. The number of hydrogen-bond donors (Lipinski definition) is 0. The lowest BCUT2D eigenvalue weighted by atomic mass is 10.2. The molecule has 0 fully saturated rings. The second kappa shape index (κ2) is 4.77. The van der Waals surface area contributed by atoms with E-state index in [9.17, 15) is 0 Å². The van der Waals surface area contributed by atoms with Crippen LogP contribution in [0, 0.1) is 0 Å². The van der Waals surface area contributed by atoms with Crippen LogP contribution < -0.4 is 0 Å². The fourth-order valence-corrected chi connectivity index (χ4v) is 3.92. The van der Waals surface area contributed by atoms with Gasteiger partial charge in [-0.3, -0.25) is 0 Å². The van der Waals surface area contributed by atoms with Gasteiger partial charge in [-0.2, -0.15) is 0 Å². The first-order valence-corrected chi connectivity index (χ1v) is 6.57. The number of rotatable bonds is 2. The van der Waals surface area contributed by atoms with E-state index in [0.29, 0.717) is 0 Å². The van der Waals surface area contributed by atoms with Crippen molar-refractivity contribution in [2.24, 2.45) is 0 Å². The first-order valence-electron chi connectivity index (χ1n) is 4.60. The molecule has 0 spiro atoms. The van der Waals surface area contributed by atoms with Gasteiger partial charge in [0.1, 0.15) is 0 Å². The minimum atomic E-state index is 1.15. The summed E-state index contributed by atoms with van der Waals surface area (Å²) in [6.45, 7) is 0. The van der Waals surface area contributed by atoms with E-state index in [1.54, 1.807) is 4.20 Å². The molecule has 0 amide bonds. The highest BCUT2D eigenvalue weighted by molar-refractivity contribution is 8.22. The molecule has 1 aromatic carbocycles. The summed E-state index contributed by atoms with van der Waals surface area (Å²) in [7, 11) is 0. The summed E-state index contributed by atoms with van der Waals surface area (Å²) in [4.78, 5) is 0. The molecule has 1 aliphatic heterocycles. The second-order valence-corrected chi connectivity index (χ2v) is 5.72. The van der Waals surface area contributed by atoms with Crippen LogP contribution in [0.3, 0.4) is 0 Å². The lowest BCUT2D eigenvalue weighted by Crippen LogP contribution is -2.08. The van der Waals surface area contributed by atoms with Crippen LogP contribution in [0.25, 0.3) is 0 Å². The second-order valence-electron chi connectivity index (χ2n) is 3.08. The minimum absolute atomic E-state index is 1.15. The van der Waals surface area contributed by atoms with Crippen molar-refractivity contribution < 1.29 is 0 Å². The summed E-state index contributed by atoms with van der Waals surface area (Å²) >= 11 is 4.08. The van der Waals surface area contributed by atoms with Crippen molar-refractivity contribution in [1.82, 2.24) is 0 Å². The van der Waals surface area contributed by atoms with Crippen LogP contribution >= 0.6 is 11.8 Å². The Labute approximate surface area is 87.7 Å². The molecular formula is C11H13S2+. The van der Waals surface area contributed by atoms with E-state index in [1.807, 2.05) is 23.1 Å². The molecule has 0 aliphatic carbocycles. The fraction of sp³-hybridized carbons (Fsp3) is 0.364. The van der Waals surface area contributed by atoms with Crippen molar-refractivity contribution in [2.75, 3.05) is 11.5 Å². The minimum Gasteiger partial charge on any atom is -0.0693 e. The van der Waals surface area contributed by atoms with E-state index in [2.05, 4.69) is 30.3 Å². The summed E-state index contributed by atoms with van der Waals surface area (Å²) in [5, 5.41) is 0. The van der Waals surface area contributed by atoms with Gasteiger partial charge in [-0.25, -0.2) is 0 Å². The third kappa shape index (κ3) is 2.82. The molecule has 0 radical (unpaired) electrons. The molecule has 0 nitrogen and oxygen atoms in total. The maximum absolute atomic E-state index is 2.21. The lowest BCUT2D eigenvalue weighted by Gasteiger charge is -2.01. The van der Waals surface area contributed by atoms with E-state index in [4.69, 9.17) is 0 Å². The van der Waals surface area contributed by atoms with Crippen molar-refractivity contribution in [3.05, 3.63) is 35.9 Å². The van der Waals surface area contributed by atoms with Gasteiger partial charge in [0.05, 0.1) is 6.42 Å². The third-order valence-electron chi connectivity index (χ3n) is 2.01. The van der Waals surface area contributed by atoms with Crippen molar-refractivity contribution in [3.63, 3.8) is 0 Å². The molecule has 0 saturated carbocycles. The molecule has 13 heavy (non-hydrogen) atoms. The number of hydrogen-bond acceptors (Lipinski definition) is 1. The van der Waals surface area contributed by atoms with Crippen molar-refractivity contribution in [2.45, 2.75) is 12.8 Å². The summed E-state index contributed by atoms with van der Waals surface area (Å²) in [6, 6.07) is 10.7. The van der Waals surface area contributed by atoms with Crippen molar-refractivity contribution in [1.29, 1.82) is 0 Å². The van der Waals surface area contributed by atoms with Crippen LogP contribution in [-0.2, 0) is 17.8 Å². The van der Waals surface area contributed by atoms with Gasteiger partial charge in [0.25, 0.3) is 0 Å². The molecule has 2 heteroatoms. The van der Waals surface area contributed by atoms with Crippen LogP contribution in [0.2, 0.25) is 0 Å².